The van der Waals surface area contributed by atoms with Crippen LogP contribution in [-0.2, 0) is 6.42 Å². The summed E-state index contributed by atoms with van der Waals surface area (Å²) >= 11 is 0. The summed E-state index contributed by atoms with van der Waals surface area (Å²) in [4.78, 5) is 0. The summed E-state index contributed by atoms with van der Waals surface area (Å²) in [6.07, 6.45) is -0.378. The lowest BCUT2D eigenvalue weighted by Gasteiger charge is -2.09. The molecule has 0 saturated heterocycles. The number of fused-ring (bicyclic) bond motifs is 1. The Kier molecular flexibility index (Phi) is 3.56. The highest BCUT2D eigenvalue weighted by Gasteiger charge is 2.25. The minimum atomic E-state index is -2.14. The second-order valence-electron chi connectivity index (χ2n) is 4.91. The van der Waals surface area contributed by atoms with Crippen LogP contribution in [0.5, 0.6) is 0 Å². The molecule has 22 heavy (non-hydrogen) atoms. The van der Waals surface area contributed by atoms with Crippen LogP contribution >= 0.6 is 0 Å². The van der Waals surface area contributed by atoms with Crippen molar-refractivity contribution < 1.29 is 22.0 Å². The fourth-order valence-corrected chi connectivity index (χ4v) is 2.36. The molecule has 0 saturated carbocycles. The second-order valence-corrected chi connectivity index (χ2v) is 4.91. The molecule has 0 radical (unpaired) electrons. The van der Waals surface area contributed by atoms with Gasteiger partial charge in [-0.2, -0.15) is 0 Å². The average molecular weight is 308 g/mol. The Morgan fingerprint density at radius 2 is 1.14 bits per heavy atom. The van der Waals surface area contributed by atoms with Gasteiger partial charge in [0.25, 0.3) is 0 Å². The highest BCUT2D eigenvalue weighted by Crippen LogP contribution is 2.26. The quantitative estimate of drug-likeness (QED) is 0.350. The zero-order valence-corrected chi connectivity index (χ0v) is 11.1. The minimum absolute atomic E-state index is 0.378. The van der Waals surface area contributed by atoms with Crippen molar-refractivity contribution in [2.24, 2.45) is 0 Å². The minimum Gasteiger partial charge on any atom is -0.203 e. The third-order valence-electron chi connectivity index (χ3n) is 3.50. The molecule has 0 aliphatic rings. The summed E-state index contributed by atoms with van der Waals surface area (Å²) < 4.78 is 66.8. The van der Waals surface area contributed by atoms with Gasteiger partial charge in [0.1, 0.15) is 0 Å². The van der Waals surface area contributed by atoms with Gasteiger partial charge in [-0.3, -0.25) is 0 Å². The summed E-state index contributed by atoms with van der Waals surface area (Å²) in [6, 6.07) is 12.3. The molecule has 0 spiro atoms. The van der Waals surface area contributed by atoms with Gasteiger partial charge in [0.15, 0.2) is 23.3 Å². The maximum atomic E-state index is 13.7. The van der Waals surface area contributed by atoms with Crippen LogP contribution in [0, 0.1) is 29.1 Å². The van der Waals surface area contributed by atoms with Crippen molar-refractivity contribution in [2.75, 3.05) is 0 Å². The molecule has 5 heteroatoms. The molecular weight excluding hydrogens is 299 g/mol. The molecule has 0 bridgehead atoms. The van der Waals surface area contributed by atoms with E-state index in [1.165, 1.54) is 0 Å². The molecule has 112 valence electrons. The van der Waals surface area contributed by atoms with Crippen molar-refractivity contribution in [3.63, 3.8) is 0 Å². The molecule has 0 atom stereocenters. The van der Waals surface area contributed by atoms with Crippen molar-refractivity contribution in [1.82, 2.24) is 0 Å². The van der Waals surface area contributed by atoms with Crippen molar-refractivity contribution in [3.8, 4) is 0 Å². The highest BCUT2D eigenvalue weighted by atomic mass is 19.2. The van der Waals surface area contributed by atoms with E-state index < -0.39 is 34.6 Å². The molecule has 0 aromatic heterocycles. The standard InChI is InChI=1S/C17H9F5/c18-13-12(14(19)16(21)17(22)15(13)20)8-9-5-6-10-3-1-2-4-11(10)7-9/h1-7H,8H2. The van der Waals surface area contributed by atoms with Crippen LogP contribution in [0.4, 0.5) is 22.0 Å². The van der Waals surface area contributed by atoms with Gasteiger partial charge in [-0.25, -0.2) is 22.0 Å². The van der Waals surface area contributed by atoms with Gasteiger partial charge in [-0.1, -0.05) is 42.5 Å². The number of benzene rings is 3. The number of hydrogen-bond acceptors (Lipinski definition) is 0. The first-order valence-corrected chi connectivity index (χ1v) is 6.47. The van der Waals surface area contributed by atoms with Crippen molar-refractivity contribution in [3.05, 3.63) is 82.7 Å². The largest absolute Gasteiger partial charge is 0.203 e. The van der Waals surface area contributed by atoms with Gasteiger partial charge in [-0.15, -0.1) is 0 Å². The van der Waals surface area contributed by atoms with Crippen LogP contribution < -0.4 is 0 Å². The summed E-state index contributed by atoms with van der Waals surface area (Å²) in [5.41, 5.74) is -0.367. The molecule has 3 aromatic carbocycles. The molecule has 0 aliphatic carbocycles. The molecule has 3 rings (SSSR count). The first-order chi connectivity index (χ1) is 10.5. The van der Waals surface area contributed by atoms with E-state index in [9.17, 15) is 22.0 Å². The Labute approximate surface area is 122 Å². The van der Waals surface area contributed by atoms with E-state index >= 15 is 0 Å². The smallest absolute Gasteiger partial charge is 0.200 e. The number of halogens is 5. The van der Waals surface area contributed by atoms with Crippen molar-refractivity contribution in [1.29, 1.82) is 0 Å². The van der Waals surface area contributed by atoms with Gasteiger partial charge in [-0.05, 0) is 16.3 Å². The van der Waals surface area contributed by atoms with E-state index in [0.717, 1.165) is 10.8 Å². The topological polar surface area (TPSA) is 0 Å². The predicted octanol–water partition coefficient (Wildman–Crippen LogP) is 5.13. The molecule has 0 fully saturated rings. The molecule has 3 aromatic rings. The van der Waals surface area contributed by atoms with E-state index in [1.807, 2.05) is 12.1 Å². The maximum absolute atomic E-state index is 13.7. The van der Waals surface area contributed by atoms with Crippen LogP contribution in [0.15, 0.2) is 42.5 Å². The van der Waals surface area contributed by atoms with E-state index in [4.69, 9.17) is 0 Å². The fraction of sp³-hybridized carbons (Fsp3) is 0.0588. The van der Waals surface area contributed by atoms with Gasteiger partial charge < -0.3 is 0 Å². The lowest BCUT2D eigenvalue weighted by molar-refractivity contribution is 0.371. The molecule has 0 unspecified atom stereocenters. The normalized spacial score (nSPS) is 11.1. The molecule has 0 amide bonds. The summed E-state index contributed by atoms with van der Waals surface area (Å²) in [5.74, 6) is -9.56. The molecule has 0 nitrogen and oxygen atoms in total. The van der Waals surface area contributed by atoms with E-state index in [-0.39, 0.29) is 6.42 Å². The van der Waals surface area contributed by atoms with Crippen LogP contribution in [-0.4, -0.2) is 0 Å². The second kappa shape index (κ2) is 5.40. The Hall–Kier alpha value is -2.43. The van der Waals surface area contributed by atoms with Gasteiger partial charge in [0.2, 0.25) is 5.82 Å². The Morgan fingerprint density at radius 3 is 1.77 bits per heavy atom. The predicted molar refractivity (Wildman–Crippen MR) is 73.0 cm³/mol. The van der Waals surface area contributed by atoms with Crippen LogP contribution in [0.2, 0.25) is 0 Å². The van der Waals surface area contributed by atoms with E-state index in [0.29, 0.717) is 5.56 Å². The zero-order chi connectivity index (χ0) is 15.9. The molecular formula is C17H9F5. The lowest BCUT2D eigenvalue weighted by Crippen LogP contribution is -2.07. The SMILES string of the molecule is Fc1c(F)c(F)c(Cc2ccc3ccccc3c2)c(F)c1F. The third kappa shape index (κ3) is 2.32. The maximum Gasteiger partial charge on any atom is 0.200 e. The highest BCUT2D eigenvalue weighted by molar-refractivity contribution is 5.83. The first kappa shape index (κ1) is 14.5. The van der Waals surface area contributed by atoms with E-state index in [1.54, 1.807) is 30.3 Å². The molecule has 0 aliphatic heterocycles. The van der Waals surface area contributed by atoms with Crippen molar-refractivity contribution >= 4 is 10.8 Å². The monoisotopic (exact) mass is 308 g/mol. The third-order valence-corrected chi connectivity index (χ3v) is 3.50. The van der Waals surface area contributed by atoms with Crippen molar-refractivity contribution in [2.45, 2.75) is 6.42 Å². The molecule has 0 N–H and O–H groups in total. The van der Waals surface area contributed by atoms with Crippen LogP contribution in [0.1, 0.15) is 11.1 Å². The fourth-order valence-electron chi connectivity index (χ4n) is 2.36. The first-order valence-electron chi connectivity index (χ1n) is 6.47. The average Bonchev–Trinajstić information content (AvgIpc) is 2.55. The number of rotatable bonds is 2. The molecule has 0 heterocycles. The Morgan fingerprint density at radius 1 is 0.591 bits per heavy atom. The van der Waals surface area contributed by atoms with Gasteiger partial charge in [0.05, 0.1) is 0 Å². The zero-order valence-electron chi connectivity index (χ0n) is 11.1. The summed E-state index contributed by atoms with van der Waals surface area (Å²) in [5, 5.41) is 1.74. The lowest BCUT2D eigenvalue weighted by atomic mass is 10.00. The Balaban J connectivity index is 2.08. The van der Waals surface area contributed by atoms with Crippen LogP contribution in [0.3, 0.4) is 0 Å². The number of hydrogen-bond donors (Lipinski definition) is 0. The summed E-state index contributed by atoms with van der Waals surface area (Å²) in [7, 11) is 0. The Bertz CT molecular complexity index is 841. The van der Waals surface area contributed by atoms with E-state index in [2.05, 4.69) is 0 Å². The van der Waals surface area contributed by atoms with Gasteiger partial charge >= 0.3 is 0 Å². The van der Waals surface area contributed by atoms with Crippen LogP contribution in [0.25, 0.3) is 10.8 Å². The van der Waals surface area contributed by atoms with Gasteiger partial charge in [0, 0.05) is 12.0 Å². The summed E-state index contributed by atoms with van der Waals surface area (Å²) in [6.45, 7) is 0.